The van der Waals surface area contributed by atoms with Crippen molar-refractivity contribution in [2.24, 2.45) is 0 Å². The maximum absolute atomic E-state index is 12.8. The van der Waals surface area contributed by atoms with Crippen LogP contribution < -0.4 is 0 Å². The Labute approximate surface area is 190 Å². The van der Waals surface area contributed by atoms with E-state index in [1.807, 2.05) is 0 Å². The number of hydrogen-bond acceptors (Lipinski definition) is 7. The monoisotopic (exact) mass is 517 g/mol. The summed E-state index contributed by atoms with van der Waals surface area (Å²) in [6.07, 6.45) is 0.903. The molecule has 1 aromatic heterocycles. The molecule has 0 aliphatic carbocycles. The van der Waals surface area contributed by atoms with Gasteiger partial charge in [-0.2, -0.15) is 5.10 Å². The van der Waals surface area contributed by atoms with Gasteiger partial charge in [0.15, 0.2) is 0 Å². The minimum Gasteiger partial charge on any atom is -0.394 e. The molecular weight excluding hydrogens is 498 g/mol. The number of aliphatic hydroxyl groups is 3. The number of thioether (sulfide) groups is 1. The second-order valence-electron chi connectivity index (χ2n) is 7.24. The van der Waals surface area contributed by atoms with E-state index in [9.17, 15) is 20.1 Å². The highest BCUT2D eigenvalue weighted by atomic mass is 79.9. The third kappa shape index (κ3) is 4.27. The molecule has 2 aromatic rings. The van der Waals surface area contributed by atoms with Crippen LogP contribution in [0.4, 0.5) is 0 Å². The molecule has 2 unspecified atom stereocenters. The predicted octanol–water partition coefficient (Wildman–Crippen LogP) is 1.92. The molecule has 0 saturated carbocycles. The van der Waals surface area contributed by atoms with E-state index >= 15 is 0 Å². The third-order valence-corrected chi connectivity index (χ3v) is 7.14. The number of rotatable bonds is 5. The molecule has 8 nitrogen and oxygen atoms in total. The summed E-state index contributed by atoms with van der Waals surface area (Å²) in [6, 6.07) is 4.14. The van der Waals surface area contributed by atoms with Gasteiger partial charge >= 0.3 is 0 Å². The van der Waals surface area contributed by atoms with Crippen molar-refractivity contribution >= 4 is 45.2 Å². The molecule has 3 heterocycles. The zero-order chi connectivity index (χ0) is 21.4. The zero-order valence-electron chi connectivity index (χ0n) is 15.8. The molecule has 0 radical (unpaired) electrons. The minimum absolute atomic E-state index is 0.1000. The summed E-state index contributed by atoms with van der Waals surface area (Å²) in [5.41, 5.74) is -0.384. The van der Waals surface area contributed by atoms with Crippen LogP contribution in [0.5, 0.6) is 0 Å². The van der Waals surface area contributed by atoms with Gasteiger partial charge in [-0.3, -0.25) is 9.48 Å². The fourth-order valence-corrected chi connectivity index (χ4v) is 5.31. The van der Waals surface area contributed by atoms with Crippen molar-refractivity contribution in [1.29, 1.82) is 0 Å². The number of hydrogen-bond donors (Lipinski definition) is 3. The van der Waals surface area contributed by atoms with E-state index in [0.29, 0.717) is 33.0 Å². The van der Waals surface area contributed by atoms with E-state index in [0.717, 1.165) is 18.2 Å². The molecule has 2 aliphatic heterocycles. The number of aliphatic hydroxyl groups excluding tert-OH is 3. The quantitative estimate of drug-likeness (QED) is 0.555. The first-order chi connectivity index (χ1) is 14.4. The molecule has 5 atom stereocenters. The van der Waals surface area contributed by atoms with Crippen molar-refractivity contribution in [3.05, 3.63) is 45.7 Å². The summed E-state index contributed by atoms with van der Waals surface area (Å²) in [6.45, 7) is 0.991. The van der Waals surface area contributed by atoms with Crippen LogP contribution in [0.2, 0.25) is 5.02 Å². The Morgan fingerprint density at radius 3 is 2.70 bits per heavy atom. The first kappa shape index (κ1) is 22.1. The fraction of sp³-hybridized carbons (Fsp3) is 0.474. The summed E-state index contributed by atoms with van der Waals surface area (Å²) >= 11 is 10.6. The molecule has 2 fully saturated rings. The average molecular weight is 519 g/mol. The number of carbonyl (C=O) groups excluding carboxylic acids is 1. The van der Waals surface area contributed by atoms with Crippen LogP contribution in [0.1, 0.15) is 22.8 Å². The topological polar surface area (TPSA) is 108 Å². The van der Waals surface area contributed by atoms with Crippen molar-refractivity contribution in [3.63, 3.8) is 0 Å². The Morgan fingerprint density at radius 1 is 1.33 bits per heavy atom. The van der Waals surface area contributed by atoms with Crippen LogP contribution in [0, 0.1) is 0 Å². The van der Waals surface area contributed by atoms with Gasteiger partial charge in [-0.1, -0.05) is 23.4 Å². The lowest BCUT2D eigenvalue weighted by Crippen LogP contribution is -2.55. The molecule has 4 rings (SSSR count). The third-order valence-electron chi connectivity index (χ3n) is 5.28. The first-order valence-corrected chi connectivity index (χ1v) is 11.5. The number of halogens is 2. The summed E-state index contributed by atoms with van der Waals surface area (Å²) in [4.78, 5) is 15.1. The fourth-order valence-electron chi connectivity index (χ4n) is 3.54. The molecule has 1 aromatic carbocycles. The minimum atomic E-state index is -1.17. The molecule has 1 amide bonds. The van der Waals surface area contributed by atoms with Gasteiger partial charge < -0.3 is 25.0 Å². The molecule has 2 saturated heterocycles. The van der Waals surface area contributed by atoms with Crippen LogP contribution >= 0.6 is 39.3 Å². The molecule has 0 spiro atoms. The molecular formula is C19H21BrClN3O5S. The Bertz CT molecular complexity index is 927. The lowest BCUT2D eigenvalue weighted by atomic mass is 9.97. The number of nitrogens with zero attached hydrogens (tertiary/aromatic N) is 3. The summed E-state index contributed by atoms with van der Waals surface area (Å²) < 4.78 is 7.93. The van der Waals surface area contributed by atoms with Crippen molar-refractivity contribution < 1.29 is 24.9 Å². The van der Waals surface area contributed by atoms with Gasteiger partial charge in [-0.15, -0.1) is 0 Å². The predicted molar refractivity (Wildman–Crippen MR) is 115 cm³/mol. The molecule has 11 heteroatoms. The highest BCUT2D eigenvalue weighted by Gasteiger charge is 2.46. The van der Waals surface area contributed by atoms with Crippen molar-refractivity contribution in [2.75, 3.05) is 19.7 Å². The molecule has 162 valence electrons. The van der Waals surface area contributed by atoms with E-state index < -0.39 is 36.4 Å². The zero-order valence-corrected chi connectivity index (χ0v) is 18.9. The number of aromatic nitrogens is 2. The van der Waals surface area contributed by atoms with Crippen LogP contribution in [0.3, 0.4) is 0 Å². The molecule has 30 heavy (non-hydrogen) atoms. The highest BCUT2D eigenvalue weighted by Crippen LogP contribution is 2.40. The SMILES string of the molecule is O=C(c1ccc(Cl)cc1S[C@H]1OC(CO)[C@H](O)[C@H](n2cc(Br)cn2)C1O)N1CCC1. The Morgan fingerprint density at radius 2 is 2.10 bits per heavy atom. The first-order valence-electron chi connectivity index (χ1n) is 9.46. The van der Waals surface area contributed by atoms with Crippen molar-refractivity contribution in [2.45, 2.75) is 41.1 Å². The van der Waals surface area contributed by atoms with Crippen LogP contribution in [0.25, 0.3) is 0 Å². The van der Waals surface area contributed by atoms with E-state index in [-0.39, 0.29) is 5.91 Å². The second-order valence-corrected chi connectivity index (χ2v) is 9.73. The summed E-state index contributed by atoms with van der Waals surface area (Å²) in [5, 5.41) is 36.0. The van der Waals surface area contributed by atoms with E-state index in [2.05, 4.69) is 21.0 Å². The number of benzene rings is 1. The second kappa shape index (κ2) is 9.15. The molecule has 0 bridgehead atoms. The lowest BCUT2D eigenvalue weighted by Gasteiger charge is -2.42. The van der Waals surface area contributed by atoms with Gasteiger partial charge in [0.05, 0.1) is 22.8 Å². The van der Waals surface area contributed by atoms with Crippen LogP contribution in [-0.4, -0.2) is 79.4 Å². The number of likely N-dealkylation sites (tertiary alicyclic amines) is 1. The Balaban J connectivity index is 1.63. The van der Waals surface area contributed by atoms with E-state index in [1.165, 1.54) is 4.68 Å². The van der Waals surface area contributed by atoms with E-state index in [1.54, 1.807) is 35.5 Å². The van der Waals surface area contributed by atoms with Gasteiger partial charge in [-0.25, -0.2) is 0 Å². The number of amides is 1. The van der Waals surface area contributed by atoms with E-state index in [4.69, 9.17) is 16.3 Å². The van der Waals surface area contributed by atoms with Crippen LogP contribution in [-0.2, 0) is 4.74 Å². The Hall–Kier alpha value is -1.14. The van der Waals surface area contributed by atoms with Gasteiger partial charge in [0.25, 0.3) is 5.91 Å². The van der Waals surface area contributed by atoms with Crippen molar-refractivity contribution in [1.82, 2.24) is 14.7 Å². The summed E-state index contributed by atoms with van der Waals surface area (Å²) in [7, 11) is 0. The summed E-state index contributed by atoms with van der Waals surface area (Å²) in [5.74, 6) is -0.1000. The Kier molecular flexibility index (Phi) is 6.73. The number of ether oxygens (including phenoxy) is 1. The smallest absolute Gasteiger partial charge is 0.254 e. The largest absolute Gasteiger partial charge is 0.394 e. The van der Waals surface area contributed by atoms with Gasteiger partial charge in [-0.05, 0) is 40.5 Å². The number of carbonyl (C=O) groups is 1. The molecule has 3 N–H and O–H groups in total. The standard InChI is InChI=1S/C19H21BrClN3O5S/c20-10-7-22-24(8-10)15-16(26)13(9-25)29-19(17(15)27)30-14-6-11(21)2-3-12(14)18(28)23-4-1-5-23/h2-3,6-8,13,15-17,19,25-27H,1,4-5,9H2/t13?,15-,16-,17?,19+/m0/s1. The lowest BCUT2D eigenvalue weighted by molar-refractivity contribution is -0.178. The van der Waals surface area contributed by atoms with Crippen molar-refractivity contribution in [3.8, 4) is 0 Å². The highest BCUT2D eigenvalue weighted by molar-refractivity contribution is 9.10. The van der Waals surface area contributed by atoms with Gasteiger partial charge in [0, 0.05) is 29.2 Å². The van der Waals surface area contributed by atoms with Gasteiger partial charge in [0.1, 0.15) is 29.8 Å². The normalized spacial score (nSPS) is 29.0. The van der Waals surface area contributed by atoms with Gasteiger partial charge in [0.2, 0.25) is 0 Å². The maximum atomic E-state index is 12.8. The molecule has 2 aliphatic rings. The van der Waals surface area contributed by atoms with Crippen LogP contribution in [0.15, 0.2) is 40.0 Å². The average Bonchev–Trinajstić information content (AvgIpc) is 3.08. The maximum Gasteiger partial charge on any atom is 0.254 e.